The molecule has 0 aromatic carbocycles. The second kappa shape index (κ2) is 6.89. The van der Waals surface area contributed by atoms with Crippen LogP contribution in [-0.2, 0) is 4.79 Å². The van der Waals surface area contributed by atoms with E-state index in [4.69, 9.17) is 0 Å². The van der Waals surface area contributed by atoms with Crippen molar-refractivity contribution >= 4 is 17.6 Å². The number of pyridine rings is 1. The summed E-state index contributed by atoms with van der Waals surface area (Å²) in [5.41, 5.74) is 0.601. The summed E-state index contributed by atoms with van der Waals surface area (Å²) < 4.78 is 0. The number of hydrogen-bond donors (Lipinski definition) is 1. The molecule has 4 rings (SSSR count). The largest absolute Gasteiger partial charge is 0.356 e. The summed E-state index contributed by atoms with van der Waals surface area (Å²) >= 11 is 0. The predicted octanol–water partition coefficient (Wildman–Crippen LogP) is 2.06. The lowest BCUT2D eigenvalue weighted by Gasteiger charge is -2.52. The number of nitrogens with zero attached hydrogens (tertiary/aromatic N) is 3. The molecule has 3 atom stereocenters. The van der Waals surface area contributed by atoms with Crippen LogP contribution >= 0.6 is 0 Å². The number of rotatable bonds is 3. The predicted molar refractivity (Wildman–Crippen MR) is 100 cm³/mol. The maximum absolute atomic E-state index is 12.3. The lowest BCUT2D eigenvalue weighted by molar-refractivity contribution is -0.142. The normalized spacial score (nSPS) is 28.1. The second-order valence-electron chi connectivity index (χ2n) is 8.31. The number of fused-ring (bicyclic) bond motifs is 4. The molecule has 1 aromatic heterocycles. The van der Waals surface area contributed by atoms with E-state index in [1.165, 1.54) is 6.42 Å². The van der Waals surface area contributed by atoms with E-state index < -0.39 is 0 Å². The topological polar surface area (TPSA) is 65.5 Å². The number of piperidine rings is 3. The van der Waals surface area contributed by atoms with Gasteiger partial charge in [0.25, 0.3) is 5.91 Å². The molecule has 6 heteroatoms. The Labute approximate surface area is 155 Å². The molecular formula is C20H28N4O2. The first-order chi connectivity index (χ1) is 12.5. The van der Waals surface area contributed by atoms with Crippen LogP contribution in [0.25, 0.3) is 0 Å². The molecule has 2 unspecified atom stereocenters. The number of anilines is 1. The van der Waals surface area contributed by atoms with Crippen LogP contribution in [0.4, 0.5) is 5.82 Å². The molecule has 4 heterocycles. The van der Waals surface area contributed by atoms with Crippen LogP contribution in [0.3, 0.4) is 0 Å². The zero-order valence-corrected chi connectivity index (χ0v) is 15.6. The molecule has 0 aliphatic carbocycles. The fourth-order valence-corrected chi connectivity index (χ4v) is 4.85. The zero-order valence-electron chi connectivity index (χ0n) is 15.6. The van der Waals surface area contributed by atoms with Gasteiger partial charge < -0.3 is 15.1 Å². The van der Waals surface area contributed by atoms with Gasteiger partial charge in [-0.3, -0.25) is 9.59 Å². The molecule has 6 nitrogen and oxygen atoms in total. The van der Waals surface area contributed by atoms with E-state index in [1.54, 1.807) is 6.20 Å². The molecule has 0 saturated carbocycles. The Bertz CT molecular complexity index is 688. The number of carbonyl (C=O) groups is 2. The van der Waals surface area contributed by atoms with Crippen molar-refractivity contribution in [3.8, 4) is 0 Å². The van der Waals surface area contributed by atoms with E-state index in [0.717, 1.165) is 44.7 Å². The third-order valence-electron chi connectivity index (χ3n) is 5.93. The molecular weight excluding hydrogens is 328 g/mol. The lowest BCUT2D eigenvalue weighted by Crippen LogP contribution is -2.60. The first-order valence-electron chi connectivity index (χ1n) is 9.82. The van der Waals surface area contributed by atoms with Crippen LogP contribution in [0.1, 0.15) is 49.9 Å². The summed E-state index contributed by atoms with van der Waals surface area (Å²) in [5.74, 6) is 2.28. The molecule has 0 spiro atoms. The van der Waals surface area contributed by atoms with Crippen LogP contribution < -0.4 is 10.2 Å². The van der Waals surface area contributed by atoms with Crippen LogP contribution in [0.2, 0.25) is 0 Å². The monoisotopic (exact) mass is 356 g/mol. The van der Waals surface area contributed by atoms with Crippen molar-refractivity contribution in [2.75, 3.05) is 24.5 Å². The Kier molecular flexibility index (Phi) is 4.59. The Morgan fingerprint density at radius 2 is 2.12 bits per heavy atom. The first kappa shape index (κ1) is 17.3. The van der Waals surface area contributed by atoms with Crippen LogP contribution in [-0.4, -0.2) is 53.4 Å². The number of aromatic nitrogens is 1. The van der Waals surface area contributed by atoms with Crippen LogP contribution in [0, 0.1) is 11.8 Å². The van der Waals surface area contributed by atoms with Gasteiger partial charge in [0.05, 0.1) is 5.56 Å². The molecule has 3 fully saturated rings. The highest BCUT2D eigenvalue weighted by Gasteiger charge is 2.44. The number of hydrogen-bond acceptors (Lipinski definition) is 4. The van der Waals surface area contributed by atoms with Crippen LogP contribution in [0.5, 0.6) is 0 Å². The minimum atomic E-state index is -0.0778. The van der Waals surface area contributed by atoms with E-state index in [1.807, 2.05) is 26.0 Å². The minimum Gasteiger partial charge on any atom is -0.356 e. The minimum absolute atomic E-state index is 0.0778. The maximum Gasteiger partial charge on any atom is 0.253 e. The summed E-state index contributed by atoms with van der Waals surface area (Å²) in [7, 11) is 0. The van der Waals surface area contributed by atoms with E-state index in [0.29, 0.717) is 29.3 Å². The van der Waals surface area contributed by atoms with Crippen molar-refractivity contribution in [3.63, 3.8) is 0 Å². The fourth-order valence-electron chi connectivity index (χ4n) is 4.85. The van der Waals surface area contributed by atoms with E-state index in [2.05, 4.69) is 20.1 Å². The molecule has 1 N–H and O–H groups in total. The molecule has 2 amide bonds. The molecule has 140 valence electrons. The van der Waals surface area contributed by atoms with E-state index in [9.17, 15) is 9.59 Å². The molecule has 3 aliphatic rings. The van der Waals surface area contributed by atoms with Gasteiger partial charge in [0.2, 0.25) is 5.91 Å². The molecule has 26 heavy (non-hydrogen) atoms. The highest BCUT2D eigenvalue weighted by Crippen LogP contribution is 2.38. The van der Waals surface area contributed by atoms with E-state index in [-0.39, 0.29) is 11.9 Å². The zero-order chi connectivity index (χ0) is 18.3. The second-order valence-corrected chi connectivity index (χ2v) is 8.31. The molecule has 1 aromatic rings. The summed E-state index contributed by atoms with van der Waals surface area (Å²) in [6.07, 6.45) is 5.78. The lowest BCUT2D eigenvalue weighted by atomic mass is 9.76. The third-order valence-corrected chi connectivity index (χ3v) is 5.93. The third kappa shape index (κ3) is 3.29. The Morgan fingerprint density at radius 3 is 2.85 bits per heavy atom. The van der Waals surface area contributed by atoms with Gasteiger partial charge >= 0.3 is 0 Å². The number of nitrogens with one attached hydrogen (secondary N) is 1. The van der Waals surface area contributed by atoms with Gasteiger partial charge in [0.15, 0.2) is 0 Å². The van der Waals surface area contributed by atoms with Crippen molar-refractivity contribution in [2.24, 2.45) is 11.8 Å². The standard InChI is InChI=1S/C20H28N4O2/c1-13(2)22-20(26)15-6-7-18(21-9-15)23-10-14-8-16(12-23)17-4-3-5-19(25)24(17)11-14/h6-7,9,13-14,16-17H,3-5,8,10-12H2,1-2H3,(H,22,26)/t14?,16?,17-/m1/s1. The molecule has 3 saturated heterocycles. The average molecular weight is 356 g/mol. The average Bonchev–Trinajstić information content (AvgIpc) is 2.62. The van der Waals surface area contributed by atoms with Crippen molar-refractivity contribution in [3.05, 3.63) is 23.9 Å². The molecule has 3 aliphatic heterocycles. The first-order valence-corrected chi connectivity index (χ1v) is 9.82. The summed E-state index contributed by atoms with van der Waals surface area (Å²) in [5, 5.41) is 2.90. The summed E-state index contributed by atoms with van der Waals surface area (Å²) in [6.45, 7) is 6.69. The number of carbonyl (C=O) groups excluding carboxylic acids is 2. The Morgan fingerprint density at radius 1 is 1.27 bits per heavy atom. The van der Waals surface area contributed by atoms with Crippen LogP contribution in [0.15, 0.2) is 18.3 Å². The fraction of sp³-hybridized carbons (Fsp3) is 0.650. The van der Waals surface area contributed by atoms with Crippen molar-refractivity contribution < 1.29 is 9.59 Å². The van der Waals surface area contributed by atoms with Gasteiger partial charge in [-0.15, -0.1) is 0 Å². The van der Waals surface area contributed by atoms with Gasteiger partial charge in [0.1, 0.15) is 5.82 Å². The smallest absolute Gasteiger partial charge is 0.253 e. The van der Waals surface area contributed by atoms with Gasteiger partial charge in [-0.2, -0.15) is 0 Å². The van der Waals surface area contributed by atoms with Gasteiger partial charge in [-0.25, -0.2) is 4.98 Å². The van der Waals surface area contributed by atoms with Gasteiger partial charge in [-0.05, 0) is 57.1 Å². The summed E-state index contributed by atoms with van der Waals surface area (Å²) in [4.78, 5) is 33.4. The van der Waals surface area contributed by atoms with Crippen molar-refractivity contribution in [1.82, 2.24) is 15.2 Å². The molecule has 0 radical (unpaired) electrons. The van der Waals surface area contributed by atoms with E-state index >= 15 is 0 Å². The number of amides is 2. The van der Waals surface area contributed by atoms with Gasteiger partial charge in [-0.1, -0.05) is 0 Å². The SMILES string of the molecule is CC(C)NC(=O)c1ccc(N2CC3CC(C2)[C@H]2CCCC(=O)N2C3)nc1. The highest BCUT2D eigenvalue weighted by atomic mass is 16.2. The van der Waals surface area contributed by atoms with Gasteiger partial charge in [0, 0.05) is 44.3 Å². The molecule has 2 bridgehead atoms. The quantitative estimate of drug-likeness (QED) is 0.900. The van der Waals surface area contributed by atoms with Crippen molar-refractivity contribution in [2.45, 2.75) is 51.6 Å². The van der Waals surface area contributed by atoms with Crippen molar-refractivity contribution in [1.29, 1.82) is 0 Å². The Hall–Kier alpha value is -2.11. The highest BCUT2D eigenvalue weighted by molar-refractivity contribution is 5.94. The summed E-state index contributed by atoms with van der Waals surface area (Å²) in [6, 6.07) is 4.34. The maximum atomic E-state index is 12.3. The Balaban J connectivity index is 1.46.